The van der Waals surface area contributed by atoms with E-state index in [1.165, 1.54) is 6.26 Å². The molecule has 0 atom stereocenters. The maximum atomic E-state index is 11.4. The summed E-state index contributed by atoms with van der Waals surface area (Å²) in [6.07, 6.45) is 1.24. The molecule has 0 bridgehead atoms. The van der Waals surface area contributed by atoms with Gasteiger partial charge in [-0.3, -0.25) is 0 Å². The van der Waals surface area contributed by atoms with Crippen LogP contribution in [0.2, 0.25) is 0 Å². The van der Waals surface area contributed by atoms with Gasteiger partial charge in [0, 0.05) is 13.4 Å². The number of sulfone groups is 1. The molecule has 72 valence electrons. The molecule has 5 heteroatoms. The Morgan fingerprint density at radius 2 is 1.77 bits per heavy atom. The van der Waals surface area contributed by atoms with Crippen LogP contribution in [0, 0.1) is 14.1 Å². The van der Waals surface area contributed by atoms with Crippen LogP contribution in [0.5, 0.6) is 0 Å². The summed E-state index contributed by atoms with van der Waals surface area (Å²) in [7, 11) is -3.10. The molecule has 0 aliphatic heterocycles. The van der Waals surface area contributed by atoms with E-state index in [9.17, 15) is 8.42 Å². The van der Waals surface area contributed by atoms with Gasteiger partial charge < -0.3 is 0 Å². The Morgan fingerprint density at radius 1 is 1.23 bits per heavy atom. The van der Waals surface area contributed by atoms with Crippen molar-refractivity contribution in [3.05, 3.63) is 24.8 Å². The monoisotopic (exact) mass is 422 g/mol. The first-order valence-corrected chi connectivity index (χ1v) is 7.53. The molecular weight excluding hydrogens is 414 g/mol. The van der Waals surface area contributed by atoms with Gasteiger partial charge >= 0.3 is 0 Å². The lowest BCUT2D eigenvalue weighted by molar-refractivity contribution is 0.600. The van der Waals surface area contributed by atoms with E-state index in [2.05, 4.69) is 45.2 Å². The zero-order chi connectivity index (χ0) is 10.2. The summed E-state index contributed by atoms with van der Waals surface area (Å²) in [6, 6.07) is 3.76. The van der Waals surface area contributed by atoms with Crippen LogP contribution in [0.25, 0.3) is 0 Å². The van der Waals surface area contributed by atoms with Crippen molar-refractivity contribution in [1.82, 2.24) is 0 Å². The van der Waals surface area contributed by atoms with Crippen molar-refractivity contribution in [2.24, 2.45) is 0 Å². The molecule has 0 N–H and O–H groups in total. The van der Waals surface area contributed by atoms with Crippen LogP contribution < -0.4 is 0 Å². The Kier molecular flexibility index (Phi) is 3.61. The normalized spacial score (nSPS) is 11.7. The number of rotatable bonds is 1. The molecule has 0 spiro atoms. The van der Waals surface area contributed by atoms with Gasteiger partial charge in [-0.25, -0.2) is 8.42 Å². The van der Waals surface area contributed by atoms with Crippen LogP contribution in [0.4, 0.5) is 0 Å². The van der Waals surface area contributed by atoms with Crippen LogP contribution in [-0.2, 0) is 9.84 Å². The maximum absolute atomic E-state index is 11.4. The third-order valence-electron chi connectivity index (χ3n) is 1.62. The summed E-state index contributed by atoms with van der Waals surface area (Å²) >= 11 is 4.20. The van der Waals surface area contributed by atoms with E-state index < -0.39 is 9.84 Å². The van der Waals surface area contributed by atoms with Crippen molar-refractivity contribution in [3.8, 4) is 0 Å². The zero-order valence-electron chi connectivity index (χ0n) is 7.14. The second-order valence-corrected chi connectivity index (χ2v) is 6.97. The van der Waals surface area contributed by atoms with Crippen LogP contribution in [0.3, 0.4) is 0 Å². The van der Waals surface area contributed by atoms with Gasteiger partial charge in [-0.1, -0.05) is 6.07 Å². The number of halogens is 2. The SMILES string of the molecule is Cc1ccc(I)c(I)c1S(C)(=O)=O. The third-order valence-corrected chi connectivity index (χ3v) is 6.30. The number of benzene rings is 1. The van der Waals surface area contributed by atoms with Gasteiger partial charge in [-0.05, 0) is 63.7 Å². The fraction of sp³-hybridized carbons (Fsp3) is 0.250. The van der Waals surface area contributed by atoms with Crippen LogP contribution in [0.1, 0.15) is 5.56 Å². The van der Waals surface area contributed by atoms with E-state index in [4.69, 9.17) is 0 Å². The van der Waals surface area contributed by atoms with Gasteiger partial charge in [0.2, 0.25) is 0 Å². The number of aryl methyl sites for hydroxylation is 1. The minimum Gasteiger partial charge on any atom is -0.224 e. The molecule has 13 heavy (non-hydrogen) atoms. The molecule has 0 amide bonds. The standard InChI is InChI=1S/C8H8I2O2S/c1-5-3-4-6(9)7(10)8(5)13(2,11)12/h3-4H,1-2H3. The quantitative estimate of drug-likeness (QED) is 0.653. The Balaban J connectivity index is 3.62. The van der Waals surface area contributed by atoms with E-state index in [1.807, 2.05) is 19.1 Å². The average molecular weight is 422 g/mol. The molecule has 0 aromatic heterocycles. The van der Waals surface area contributed by atoms with Crippen molar-refractivity contribution >= 4 is 55.0 Å². The van der Waals surface area contributed by atoms with Crippen molar-refractivity contribution < 1.29 is 8.42 Å². The molecule has 0 saturated carbocycles. The largest absolute Gasteiger partial charge is 0.224 e. The van der Waals surface area contributed by atoms with E-state index in [-0.39, 0.29) is 0 Å². The van der Waals surface area contributed by atoms with Gasteiger partial charge in [0.15, 0.2) is 9.84 Å². The highest BCUT2D eigenvalue weighted by Gasteiger charge is 2.16. The molecule has 2 nitrogen and oxygen atoms in total. The summed E-state index contributed by atoms with van der Waals surface area (Å²) in [5.74, 6) is 0. The average Bonchev–Trinajstić information content (AvgIpc) is 1.95. The summed E-state index contributed by atoms with van der Waals surface area (Å²) in [6.45, 7) is 1.81. The summed E-state index contributed by atoms with van der Waals surface area (Å²) in [4.78, 5) is 0.458. The molecule has 1 aromatic carbocycles. The zero-order valence-corrected chi connectivity index (χ0v) is 12.3. The minimum atomic E-state index is -3.10. The Hall–Kier alpha value is 0.630. The fourth-order valence-corrected chi connectivity index (χ4v) is 4.61. The van der Waals surface area contributed by atoms with Crippen LogP contribution in [-0.4, -0.2) is 14.7 Å². The molecule has 1 aromatic rings. The fourth-order valence-electron chi connectivity index (χ4n) is 1.08. The predicted octanol–water partition coefficient (Wildman–Crippen LogP) is 2.61. The van der Waals surface area contributed by atoms with E-state index in [0.717, 1.165) is 12.7 Å². The van der Waals surface area contributed by atoms with Crippen molar-refractivity contribution in [1.29, 1.82) is 0 Å². The highest BCUT2D eigenvalue weighted by molar-refractivity contribution is 14.1. The molecule has 0 unspecified atom stereocenters. The van der Waals surface area contributed by atoms with Crippen molar-refractivity contribution in [3.63, 3.8) is 0 Å². The first kappa shape index (κ1) is 11.7. The molecule has 0 radical (unpaired) electrons. The molecule has 0 saturated heterocycles. The first-order valence-electron chi connectivity index (χ1n) is 3.48. The Bertz CT molecular complexity index is 438. The molecule has 0 heterocycles. The van der Waals surface area contributed by atoms with E-state index in [1.54, 1.807) is 0 Å². The number of hydrogen-bond donors (Lipinski definition) is 0. The van der Waals surface area contributed by atoms with Gasteiger partial charge in [-0.2, -0.15) is 0 Å². The van der Waals surface area contributed by atoms with Gasteiger partial charge in [0.25, 0.3) is 0 Å². The molecule has 0 fully saturated rings. The van der Waals surface area contributed by atoms with Crippen LogP contribution >= 0.6 is 45.2 Å². The van der Waals surface area contributed by atoms with Crippen molar-refractivity contribution in [2.45, 2.75) is 11.8 Å². The second kappa shape index (κ2) is 4.01. The highest BCUT2D eigenvalue weighted by atomic mass is 127. The topological polar surface area (TPSA) is 34.1 Å². The lowest BCUT2D eigenvalue weighted by Crippen LogP contribution is -2.04. The Morgan fingerprint density at radius 3 is 2.15 bits per heavy atom. The maximum Gasteiger partial charge on any atom is 0.176 e. The predicted molar refractivity (Wildman–Crippen MR) is 69.7 cm³/mol. The molecular formula is C8H8I2O2S. The second-order valence-electron chi connectivity index (χ2n) is 2.78. The molecule has 0 aliphatic carbocycles. The summed E-state index contributed by atoms with van der Waals surface area (Å²) in [5.41, 5.74) is 0.812. The lowest BCUT2D eigenvalue weighted by Gasteiger charge is -2.07. The lowest BCUT2D eigenvalue weighted by atomic mass is 10.2. The molecule has 1 rings (SSSR count). The van der Waals surface area contributed by atoms with E-state index >= 15 is 0 Å². The first-order chi connectivity index (χ1) is 5.84. The van der Waals surface area contributed by atoms with E-state index in [0.29, 0.717) is 4.90 Å². The summed E-state index contributed by atoms with van der Waals surface area (Å²) < 4.78 is 24.6. The van der Waals surface area contributed by atoms with Crippen molar-refractivity contribution in [2.75, 3.05) is 6.26 Å². The van der Waals surface area contributed by atoms with Gasteiger partial charge in [0.1, 0.15) is 0 Å². The summed E-state index contributed by atoms with van der Waals surface area (Å²) in [5, 5.41) is 0. The minimum absolute atomic E-state index is 0.458. The highest BCUT2D eigenvalue weighted by Crippen LogP contribution is 2.26. The smallest absolute Gasteiger partial charge is 0.176 e. The van der Waals surface area contributed by atoms with Crippen LogP contribution in [0.15, 0.2) is 17.0 Å². The third kappa shape index (κ3) is 2.56. The van der Waals surface area contributed by atoms with Gasteiger partial charge in [0.05, 0.1) is 4.90 Å². The Labute approximate surface area is 105 Å². The number of hydrogen-bond acceptors (Lipinski definition) is 2. The molecule has 0 aliphatic rings. The van der Waals surface area contributed by atoms with Gasteiger partial charge in [-0.15, -0.1) is 0 Å².